The van der Waals surface area contributed by atoms with E-state index in [4.69, 9.17) is 1.37 Å². The van der Waals surface area contributed by atoms with Gasteiger partial charge >= 0.3 is 0 Å². The second-order valence-corrected chi connectivity index (χ2v) is 9.21. The van der Waals surface area contributed by atoms with Crippen LogP contribution in [0.25, 0.3) is 22.3 Å². The molecule has 154 valence electrons. The van der Waals surface area contributed by atoms with Crippen molar-refractivity contribution in [1.82, 2.24) is 0 Å². The Hall–Kier alpha value is -3.32. The first-order chi connectivity index (χ1) is 15.2. The molecule has 1 aliphatic carbocycles. The standard InChI is InChI=1S/C30H29N/c1-20(2)21-9-11-22(12-10-21)23-13-15-24(16-14-23)31-25-17-18-29-27(19-25)26-7-5-6-8-28(26)30(29,3)4/h5-20,31H,1-4H3/i20D. The molecule has 0 bridgehead atoms. The van der Waals surface area contributed by atoms with Gasteiger partial charge in [-0.3, -0.25) is 0 Å². The highest BCUT2D eigenvalue weighted by Gasteiger charge is 2.34. The fourth-order valence-electron chi connectivity index (χ4n) is 4.71. The lowest BCUT2D eigenvalue weighted by Gasteiger charge is -2.21. The van der Waals surface area contributed by atoms with Gasteiger partial charge in [0.1, 0.15) is 0 Å². The number of fused-ring (bicyclic) bond motifs is 3. The first-order valence-corrected chi connectivity index (χ1v) is 11.0. The number of nitrogens with one attached hydrogen (secondary N) is 1. The van der Waals surface area contributed by atoms with E-state index in [9.17, 15) is 0 Å². The maximum atomic E-state index is 8.18. The first kappa shape index (κ1) is 18.4. The van der Waals surface area contributed by atoms with Crippen LogP contribution in [0.3, 0.4) is 0 Å². The normalized spacial score (nSPS) is 14.5. The molecule has 1 aliphatic rings. The maximum Gasteiger partial charge on any atom is 0.0390 e. The molecule has 1 heteroatoms. The molecule has 0 saturated carbocycles. The lowest BCUT2D eigenvalue weighted by molar-refractivity contribution is 0.660. The second kappa shape index (κ2) is 7.42. The Bertz CT molecular complexity index is 1280. The molecule has 1 nitrogen and oxygen atoms in total. The van der Waals surface area contributed by atoms with Crippen LogP contribution in [0.2, 0.25) is 0 Å². The van der Waals surface area contributed by atoms with Gasteiger partial charge in [0, 0.05) is 18.2 Å². The van der Waals surface area contributed by atoms with Gasteiger partial charge in [0.05, 0.1) is 0 Å². The van der Waals surface area contributed by atoms with Crippen molar-refractivity contribution in [2.24, 2.45) is 0 Å². The number of anilines is 2. The van der Waals surface area contributed by atoms with Crippen molar-refractivity contribution in [2.45, 2.75) is 39.0 Å². The second-order valence-electron chi connectivity index (χ2n) is 9.21. The van der Waals surface area contributed by atoms with Gasteiger partial charge in [-0.25, -0.2) is 0 Å². The summed E-state index contributed by atoms with van der Waals surface area (Å²) < 4.78 is 8.18. The van der Waals surface area contributed by atoms with Crippen molar-refractivity contribution in [1.29, 1.82) is 0 Å². The predicted molar refractivity (Wildman–Crippen MR) is 133 cm³/mol. The van der Waals surface area contributed by atoms with Gasteiger partial charge in [0.15, 0.2) is 0 Å². The molecule has 4 aromatic rings. The quantitative estimate of drug-likeness (QED) is 0.359. The summed E-state index contributed by atoms with van der Waals surface area (Å²) in [5, 5.41) is 3.57. The minimum atomic E-state index is -0.572. The Morgan fingerprint density at radius 3 is 1.94 bits per heavy atom. The first-order valence-electron chi connectivity index (χ1n) is 11.5. The summed E-state index contributed by atoms with van der Waals surface area (Å²) in [7, 11) is 0. The summed E-state index contributed by atoms with van der Waals surface area (Å²) in [6.45, 7) is 8.45. The van der Waals surface area contributed by atoms with Crippen molar-refractivity contribution >= 4 is 11.4 Å². The molecule has 0 radical (unpaired) electrons. The molecule has 0 fully saturated rings. The number of hydrogen-bond acceptors (Lipinski definition) is 1. The molecular formula is C30H29N. The summed E-state index contributed by atoms with van der Waals surface area (Å²) in [5.41, 5.74) is 11.0. The van der Waals surface area contributed by atoms with Crippen molar-refractivity contribution in [3.8, 4) is 22.3 Å². The molecule has 0 saturated heterocycles. The Balaban J connectivity index is 1.39. The Morgan fingerprint density at radius 1 is 0.677 bits per heavy atom. The Labute approximate surface area is 187 Å². The highest BCUT2D eigenvalue weighted by Crippen LogP contribution is 2.49. The van der Waals surface area contributed by atoms with E-state index in [1.54, 1.807) is 0 Å². The summed E-state index contributed by atoms with van der Waals surface area (Å²) in [6, 6.07) is 32.3. The van der Waals surface area contributed by atoms with E-state index in [2.05, 4.69) is 110 Å². The van der Waals surface area contributed by atoms with Crippen LogP contribution in [-0.2, 0) is 5.41 Å². The lowest BCUT2D eigenvalue weighted by atomic mass is 9.82. The zero-order chi connectivity index (χ0) is 22.5. The number of benzene rings is 4. The molecule has 0 spiro atoms. The van der Waals surface area contributed by atoms with Crippen LogP contribution in [0.4, 0.5) is 11.4 Å². The van der Waals surface area contributed by atoms with Gasteiger partial charge in [0.25, 0.3) is 0 Å². The minimum Gasteiger partial charge on any atom is -0.356 e. The monoisotopic (exact) mass is 404 g/mol. The molecule has 5 rings (SSSR count). The molecule has 0 atom stereocenters. The topological polar surface area (TPSA) is 12.0 Å². The van der Waals surface area contributed by atoms with Gasteiger partial charge in [-0.1, -0.05) is 94.4 Å². The van der Waals surface area contributed by atoms with Crippen molar-refractivity contribution < 1.29 is 1.37 Å². The van der Waals surface area contributed by atoms with Crippen LogP contribution in [0, 0.1) is 0 Å². The predicted octanol–water partition coefficient (Wildman–Crippen LogP) is 8.53. The van der Waals surface area contributed by atoms with Gasteiger partial charge in [0.2, 0.25) is 0 Å². The smallest absolute Gasteiger partial charge is 0.0390 e. The van der Waals surface area contributed by atoms with Crippen LogP contribution in [0.1, 0.15) is 51.7 Å². The third-order valence-corrected chi connectivity index (χ3v) is 6.55. The number of rotatable bonds is 4. The SMILES string of the molecule is [2H]C(C)(C)c1ccc(-c2ccc(Nc3ccc4c(c3)-c3ccccc3C4(C)C)cc2)cc1. The van der Waals surface area contributed by atoms with Crippen molar-refractivity contribution in [2.75, 3.05) is 5.32 Å². The highest BCUT2D eigenvalue weighted by atomic mass is 14.9. The zero-order valence-corrected chi connectivity index (χ0v) is 18.7. The van der Waals surface area contributed by atoms with E-state index in [0.29, 0.717) is 0 Å². The molecule has 1 N–H and O–H groups in total. The Kier molecular flexibility index (Phi) is 4.42. The average molecular weight is 405 g/mol. The van der Waals surface area contributed by atoms with Gasteiger partial charge in [-0.15, -0.1) is 0 Å². The van der Waals surface area contributed by atoms with E-state index in [-0.39, 0.29) is 5.41 Å². The van der Waals surface area contributed by atoms with E-state index in [1.165, 1.54) is 33.4 Å². The third-order valence-electron chi connectivity index (χ3n) is 6.55. The minimum absolute atomic E-state index is 0.0385. The molecule has 0 unspecified atom stereocenters. The molecule has 31 heavy (non-hydrogen) atoms. The third kappa shape index (κ3) is 3.45. The zero-order valence-electron chi connectivity index (χ0n) is 19.7. The lowest BCUT2D eigenvalue weighted by Crippen LogP contribution is -2.14. The maximum absolute atomic E-state index is 8.18. The molecular weight excluding hydrogens is 374 g/mol. The summed E-state index contributed by atoms with van der Waals surface area (Å²) in [5.74, 6) is -0.572. The highest BCUT2D eigenvalue weighted by molar-refractivity contribution is 5.83. The summed E-state index contributed by atoms with van der Waals surface area (Å²) in [4.78, 5) is 0. The van der Waals surface area contributed by atoms with Gasteiger partial charge in [-0.2, -0.15) is 0 Å². The summed E-state index contributed by atoms with van der Waals surface area (Å²) in [6.07, 6.45) is 0. The van der Waals surface area contributed by atoms with E-state index in [0.717, 1.165) is 16.9 Å². The molecule has 0 aromatic heterocycles. The van der Waals surface area contributed by atoms with E-state index < -0.39 is 5.89 Å². The van der Waals surface area contributed by atoms with E-state index >= 15 is 0 Å². The largest absolute Gasteiger partial charge is 0.356 e. The fourth-order valence-corrected chi connectivity index (χ4v) is 4.71. The van der Waals surface area contributed by atoms with Crippen LogP contribution in [0.5, 0.6) is 0 Å². The van der Waals surface area contributed by atoms with E-state index in [1.807, 2.05) is 13.8 Å². The van der Waals surface area contributed by atoms with Crippen molar-refractivity contribution in [3.63, 3.8) is 0 Å². The van der Waals surface area contributed by atoms with Crippen LogP contribution in [0.15, 0.2) is 91.0 Å². The molecule has 4 aromatic carbocycles. The average Bonchev–Trinajstić information content (AvgIpc) is 3.01. The molecule has 0 aliphatic heterocycles. The Morgan fingerprint density at radius 2 is 1.26 bits per heavy atom. The fraction of sp³-hybridized carbons (Fsp3) is 0.200. The number of hydrogen-bond donors (Lipinski definition) is 1. The van der Waals surface area contributed by atoms with Crippen LogP contribution in [-0.4, -0.2) is 0 Å². The molecule has 0 heterocycles. The van der Waals surface area contributed by atoms with Crippen LogP contribution < -0.4 is 5.32 Å². The molecule has 0 amide bonds. The van der Waals surface area contributed by atoms with Gasteiger partial charge in [-0.05, 0) is 69.1 Å². The van der Waals surface area contributed by atoms with Gasteiger partial charge < -0.3 is 5.32 Å². The summed E-state index contributed by atoms with van der Waals surface area (Å²) >= 11 is 0. The van der Waals surface area contributed by atoms with Crippen molar-refractivity contribution in [3.05, 3.63) is 108 Å². The van der Waals surface area contributed by atoms with Crippen LogP contribution >= 0.6 is 0 Å².